The number of rotatable bonds is 4. The first-order valence-corrected chi connectivity index (χ1v) is 13.2. The SMILES string of the molecule is CC(C)=C1C(=N)CC(c2ccc(F)cc2-c2cccnc2)C/C1=N\OC1CCN(C(=O)OC(C)(C)C)CC1. The molecule has 1 N–H and O–H groups in total. The van der Waals surface area contributed by atoms with E-state index in [-0.39, 0.29) is 23.9 Å². The molecule has 0 bridgehead atoms. The number of nitrogens with zero attached hydrogens (tertiary/aromatic N) is 3. The summed E-state index contributed by atoms with van der Waals surface area (Å²) in [5.74, 6) is -0.351. The molecule has 1 aromatic heterocycles. The molecule has 1 aromatic carbocycles. The van der Waals surface area contributed by atoms with Crippen LogP contribution in [0.25, 0.3) is 11.1 Å². The van der Waals surface area contributed by atoms with E-state index >= 15 is 0 Å². The number of pyridine rings is 1. The van der Waals surface area contributed by atoms with E-state index in [4.69, 9.17) is 15.0 Å². The lowest BCUT2D eigenvalue weighted by Gasteiger charge is -2.33. The van der Waals surface area contributed by atoms with E-state index < -0.39 is 5.60 Å². The van der Waals surface area contributed by atoms with Crippen LogP contribution in [0.4, 0.5) is 9.18 Å². The van der Waals surface area contributed by atoms with E-state index in [9.17, 15) is 9.18 Å². The molecule has 38 heavy (non-hydrogen) atoms. The number of carbonyl (C=O) groups is 1. The van der Waals surface area contributed by atoms with E-state index in [1.807, 2.05) is 52.8 Å². The van der Waals surface area contributed by atoms with Gasteiger partial charge in [-0.25, -0.2) is 9.18 Å². The fourth-order valence-electron chi connectivity index (χ4n) is 5.09. The van der Waals surface area contributed by atoms with Gasteiger partial charge in [0, 0.05) is 61.6 Å². The third kappa shape index (κ3) is 6.65. The van der Waals surface area contributed by atoms with Crippen LogP contribution in [0.15, 0.2) is 59.0 Å². The van der Waals surface area contributed by atoms with Gasteiger partial charge in [0.15, 0.2) is 0 Å². The molecule has 1 aliphatic heterocycles. The molecule has 1 aliphatic carbocycles. The van der Waals surface area contributed by atoms with E-state index in [2.05, 4.69) is 10.1 Å². The molecule has 2 heterocycles. The number of benzene rings is 1. The number of nitrogens with one attached hydrogen (secondary N) is 1. The molecule has 2 fully saturated rings. The van der Waals surface area contributed by atoms with Gasteiger partial charge in [0.1, 0.15) is 17.5 Å². The third-order valence-corrected chi connectivity index (χ3v) is 6.81. The molecule has 202 valence electrons. The predicted octanol–water partition coefficient (Wildman–Crippen LogP) is 6.89. The summed E-state index contributed by atoms with van der Waals surface area (Å²) in [6.07, 6.45) is 5.43. The van der Waals surface area contributed by atoms with Crippen LogP contribution in [0.1, 0.15) is 71.8 Å². The quantitative estimate of drug-likeness (QED) is 0.445. The zero-order valence-corrected chi connectivity index (χ0v) is 22.9. The Morgan fingerprint density at radius 3 is 2.53 bits per heavy atom. The Hall–Kier alpha value is -3.55. The zero-order valence-electron chi connectivity index (χ0n) is 22.9. The van der Waals surface area contributed by atoms with Gasteiger partial charge < -0.3 is 19.9 Å². The fraction of sp³-hybridized carbons (Fsp3) is 0.467. The molecule has 2 aliphatic rings. The highest BCUT2D eigenvalue weighted by molar-refractivity contribution is 6.25. The van der Waals surface area contributed by atoms with Crippen molar-refractivity contribution in [3.63, 3.8) is 0 Å². The number of hydrogen-bond donors (Lipinski definition) is 1. The van der Waals surface area contributed by atoms with Crippen molar-refractivity contribution in [3.05, 3.63) is 65.3 Å². The standard InChI is InChI=1S/C30H37FN4O3/c1-19(2)28-26(32)15-21(24-9-8-22(31)17-25(24)20-7-6-12-33-18-20)16-27(28)34-38-23-10-13-35(14-11-23)29(36)37-30(3,4)5/h6-9,12,17-18,21,23,32H,10-11,13-16H2,1-5H3/b32-26?,34-27+. The average molecular weight is 521 g/mol. The van der Waals surface area contributed by atoms with Crippen LogP contribution in [0.3, 0.4) is 0 Å². The number of likely N-dealkylation sites (tertiary alicyclic amines) is 1. The number of amides is 1. The highest BCUT2D eigenvalue weighted by Gasteiger charge is 2.32. The number of piperidine rings is 1. The Morgan fingerprint density at radius 1 is 1.16 bits per heavy atom. The van der Waals surface area contributed by atoms with Crippen molar-refractivity contribution in [2.45, 2.75) is 77.9 Å². The number of aromatic nitrogens is 1. The van der Waals surface area contributed by atoms with Crippen molar-refractivity contribution >= 4 is 17.5 Å². The first kappa shape index (κ1) is 27.5. The fourth-order valence-corrected chi connectivity index (χ4v) is 5.09. The molecule has 2 aromatic rings. The second-order valence-electron chi connectivity index (χ2n) is 11.2. The number of oxime groups is 1. The minimum Gasteiger partial charge on any atom is -0.444 e. The van der Waals surface area contributed by atoms with Gasteiger partial charge in [-0.15, -0.1) is 0 Å². The number of carbonyl (C=O) groups excluding carboxylic acids is 1. The lowest BCUT2D eigenvalue weighted by atomic mass is 9.76. The maximum Gasteiger partial charge on any atom is 0.410 e. The topological polar surface area (TPSA) is 87.9 Å². The molecule has 0 spiro atoms. The van der Waals surface area contributed by atoms with Gasteiger partial charge in [-0.2, -0.15) is 0 Å². The largest absolute Gasteiger partial charge is 0.444 e. The van der Waals surface area contributed by atoms with Crippen molar-refractivity contribution in [2.24, 2.45) is 5.16 Å². The molecule has 1 saturated carbocycles. The lowest BCUT2D eigenvalue weighted by Crippen LogP contribution is -2.43. The van der Waals surface area contributed by atoms with E-state index in [1.54, 1.807) is 17.3 Å². The van der Waals surface area contributed by atoms with Gasteiger partial charge >= 0.3 is 6.09 Å². The minimum absolute atomic E-state index is 0.0437. The van der Waals surface area contributed by atoms with E-state index in [0.717, 1.165) is 33.5 Å². The number of hydrogen-bond acceptors (Lipinski definition) is 6. The molecular formula is C30H37FN4O3. The molecular weight excluding hydrogens is 483 g/mol. The van der Waals surface area contributed by atoms with Crippen molar-refractivity contribution in [2.75, 3.05) is 13.1 Å². The van der Waals surface area contributed by atoms with E-state index in [1.165, 1.54) is 12.1 Å². The summed E-state index contributed by atoms with van der Waals surface area (Å²) >= 11 is 0. The monoisotopic (exact) mass is 520 g/mol. The summed E-state index contributed by atoms with van der Waals surface area (Å²) in [6, 6.07) is 8.58. The second-order valence-corrected chi connectivity index (χ2v) is 11.2. The zero-order chi connectivity index (χ0) is 27.4. The van der Waals surface area contributed by atoms with Gasteiger partial charge in [0.05, 0.1) is 5.71 Å². The molecule has 1 amide bonds. The number of halogens is 1. The Bertz CT molecular complexity index is 1240. The maximum atomic E-state index is 14.3. The van der Waals surface area contributed by atoms with Crippen LogP contribution in [0, 0.1) is 11.2 Å². The first-order valence-electron chi connectivity index (χ1n) is 13.2. The smallest absolute Gasteiger partial charge is 0.410 e. The Kier molecular flexibility index (Phi) is 8.29. The molecule has 1 saturated heterocycles. The molecule has 0 radical (unpaired) electrons. The number of allylic oxidation sites excluding steroid dienone is 2. The average Bonchev–Trinajstić information content (AvgIpc) is 2.86. The van der Waals surface area contributed by atoms with Crippen LogP contribution in [-0.4, -0.2) is 52.2 Å². The Balaban J connectivity index is 1.52. The highest BCUT2D eigenvalue weighted by Crippen LogP contribution is 2.39. The first-order chi connectivity index (χ1) is 18.0. The van der Waals surface area contributed by atoms with Gasteiger partial charge in [-0.05, 0) is 76.3 Å². The Morgan fingerprint density at radius 2 is 1.89 bits per heavy atom. The summed E-state index contributed by atoms with van der Waals surface area (Å²) in [7, 11) is 0. The predicted molar refractivity (Wildman–Crippen MR) is 147 cm³/mol. The normalized spacial score (nSPS) is 20.0. The van der Waals surface area contributed by atoms with Crippen LogP contribution < -0.4 is 0 Å². The maximum absolute atomic E-state index is 14.3. The van der Waals surface area contributed by atoms with Crippen LogP contribution in [-0.2, 0) is 9.57 Å². The van der Waals surface area contributed by atoms with Crippen LogP contribution in [0.2, 0.25) is 0 Å². The van der Waals surface area contributed by atoms with Crippen LogP contribution >= 0.6 is 0 Å². The molecule has 4 rings (SSSR count). The summed E-state index contributed by atoms with van der Waals surface area (Å²) in [6.45, 7) is 10.6. The Labute approximate surface area is 224 Å². The molecule has 1 unspecified atom stereocenters. The summed E-state index contributed by atoms with van der Waals surface area (Å²) in [5.41, 5.74) is 5.15. The van der Waals surface area contributed by atoms with Crippen molar-refractivity contribution in [3.8, 4) is 11.1 Å². The van der Waals surface area contributed by atoms with Gasteiger partial charge in [0.25, 0.3) is 0 Å². The van der Waals surface area contributed by atoms with Gasteiger partial charge in [0.2, 0.25) is 0 Å². The molecule has 7 nitrogen and oxygen atoms in total. The van der Waals surface area contributed by atoms with Crippen molar-refractivity contribution in [1.29, 1.82) is 5.41 Å². The number of ether oxygens (including phenoxy) is 1. The summed E-state index contributed by atoms with van der Waals surface area (Å²) in [5, 5.41) is 13.4. The lowest BCUT2D eigenvalue weighted by molar-refractivity contribution is -0.0100. The highest BCUT2D eigenvalue weighted by atomic mass is 19.1. The van der Waals surface area contributed by atoms with Gasteiger partial charge in [-0.3, -0.25) is 4.98 Å². The molecule has 8 heteroatoms. The summed E-state index contributed by atoms with van der Waals surface area (Å²) in [4.78, 5) is 24.3. The third-order valence-electron chi connectivity index (χ3n) is 6.81. The van der Waals surface area contributed by atoms with Crippen LogP contribution in [0.5, 0.6) is 0 Å². The van der Waals surface area contributed by atoms with Crippen molar-refractivity contribution < 1.29 is 18.8 Å². The van der Waals surface area contributed by atoms with Crippen molar-refractivity contribution in [1.82, 2.24) is 9.88 Å². The van der Waals surface area contributed by atoms with E-state index in [0.29, 0.717) is 44.5 Å². The minimum atomic E-state index is -0.527. The van der Waals surface area contributed by atoms with Gasteiger partial charge in [-0.1, -0.05) is 22.9 Å². The summed E-state index contributed by atoms with van der Waals surface area (Å²) < 4.78 is 19.7. The second kappa shape index (κ2) is 11.5. The molecule has 1 atom stereocenters.